The van der Waals surface area contributed by atoms with Gasteiger partial charge in [-0.15, -0.1) is 0 Å². The van der Waals surface area contributed by atoms with Gasteiger partial charge >= 0.3 is 0 Å². The summed E-state index contributed by atoms with van der Waals surface area (Å²) in [6, 6.07) is 5.41. The second-order valence-electron chi connectivity index (χ2n) is 3.22. The molecule has 1 atom stereocenters. The van der Waals surface area contributed by atoms with E-state index in [1.165, 1.54) is 6.08 Å². The normalized spacial score (nSPS) is 12.8. The third kappa shape index (κ3) is 3.25. The average Bonchev–Trinajstić information content (AvgIpc) is 2.35. The van der Waals surface area contributed by atoms with E-state index in [0.29, 0.717) is 11.5 Å². The molecule has 2 N–H and O–H groups in total. The van der Waals surface area contributed by atoms with Gasteiger partial charge in [-0.2, -0.15) is 0 Å². The van der Waals surface area contributed by atoms with Gasteiger partial charge in [0, 0.05) is 0 Å². The van der Waals surface area contributed by atoms with E-state index in [4.69, 9.17) is 19.7 Å². The summed E-state index contributed by atoms with van der Waals surface area (Å²) < 4.78 is 10.2. The first-order valence-corrected chi connectivity index (χ1v) is 4.90. The van der Waals surface area contributed by atoms with E-state index in [-0.39, 0.29) is 6.61 Å². The third-order valence-corrected chi connectivity index (χ3v) is 2.11. The van der Waals surface area contributed by atoms with Crippen molar-refractivity contribution in [2.24, 2.45) is 0 Å². The SMILES string of the molecule is COc1ccc(/C=C/C(O)CO)cc1OC. The highest BCUT2D eigenvalue weighted by atomic mass is 16.5. The minimum atomic E-state index is -0.840. The van der Waals surface area contributed by atoms with Crippen molar-refractivity contribution in [1.82, 2.24) is 0 Å². The number of benzene rings is 1. The quantitative estimate of drug-likeness (QED) is 0.785. The first-order chi connectivity index (χ1) is 7.71. The summed E-state index contributed by atoms with van der Waals surface area (Å²) in [5.74, 6) is 1.28. The van der Waals surface area contributed by atoms with Crippen molar-refractivity contribution < 1.29 is 19.7 Å². The number of aliphatic hydroxyl groups is 2. The summed E-state index contributed by atoms with van der Waals surface area (Å²) in [5, 5.41) is 17.8. The van der Waals surface area contributed by atoms with E-state index in [1.807, 2.05) is 6.07 Å². The molecule has 1 aromatic rings. The Hall–Kier alpha value is -1.52. The molecule has 0 heterocycles. The molecule has 1 unspecified atom stereocenters. The molecular weight excluding hydrogens is 208 g/mol. The molecule has 0 fully saturated rings. The van der Waals surface area contributed by atoms with Gasteiger partial charge in [0.2, 0.25) is 0 Å². The van der Waals surface area contributed by atoms with Crippen LogP contribution in [0, 0.1) is 0 Å². The van der Waals surface area contributed by atoms with E-state index in [1.54, 1.807) is 32.4 Å². The van der Waals surface area contributed by atoms with Crippen molar-refractivity contribution >= 4 is 6.08 Å². The summed E-state index contributed by atoms with van der Waals surface area (Å²) in [7, 11) is 3.14. The van der Waals surface area contributed by atoms with Crippen molar-refractivity contribution in [3.8, 4) is 11.5 Å². The second-order valence-corrected chi connectivity index (χ2v) is 3.22. The maximum atomic E-state index is 9.15. The predicted octanol–water partition coefficient (Wildman–Crippen LogP) is 1.07. The van der Waals surface area contributed by atoms with E-state index < -0.39 is 6.10 Å². The van der Waals surface area contributed by atoms with Crippen LogP contribution in [0.1, 0.15) is 5.56 Å². The topological polar surface area (TPSA) is 58.9 Å². The molecule has 0 amide bonds. The van der Waals surface area contributed by atoms with Gasteiger partial charge in [-0.05, 0) is 17.7 Å². The van der Waals surface area contributed by atoms with Gasteiger partial charge in [-0.1, -0.05) is 18.2 Å². The number of rotatable bonds is 5. The Morgan fingerprint density at radius 2 is 1.94 bits per heavy atom. The van der Waals surface area contributed by atoms with Crippen LogP contribution in [0.5, 0.6) is 11.5 Å². The van der Waals surface area contributed by atoms with Gasteiger partial charge in [0.1, 0.15) is 0 Å². The van der Waals surface area contributed by atoms with Crippen LogP contribution in [-0.4, -0.2) is 37.1 Å². The zero-order chi connectivity index (χ0) is 12.0. The van der Waals surface area contributed by atoms with Gasteiger partial charge in [-0.25, -0.2) is 0 Å². The molecule has 1 rings (SSSR count). The fraction of sp³-hybridized carbons (Fsp3) is 0.333. The highest BCUT2D eigenvalue weighted by Gasteiger charge is 2.03. The molecule has 0 aliphatic heterocycles. The van der Waals surface area contributed by atoms with Crippen LogP contribution in [0.3, 0.4) is 0 Å². The number of hydrogen-bond acceptors (Lipinski definition) is 4. The van der Waals surface area contributed by atoms with E-state index in [0.717, 1.165) is 5.56 Å². The van der Waals surface area contributed by atoms with Crippen LogP contribution < -0.4 is 9.47 Å². The molecule has 0 aliphatic carbocycles. The standard InChI is InChI=1S/C12H16O4/c1-15-11-6-4-9(7-12(11)16-2)3-5-10(14)8-13/h3-7,10,13-14H,8H2,1-2H3/b5-3+. The number of ether oxygens (including phenoxy) is 2. The first-order valence-electron chi connectivity index (χ1n) is 4.90. The number of aliphatic hydroxyl groups excluding tert-OH is 2. The summed E-state index contributed by atoms with van der Waals surface area (Å²) in [5.41, 5.74) is 0.866. The monoisotopic (exact) mass is 224 g/mol. The zero-order valence-corrected chi connectivity index (χ0v) is 9.38. The van der Waals surface area contributed by atoms with Crippen LogP contribution >= 0.6 is 0 Å². The fourth-order valence-electron chi connectivity index (χ4n) is 1.24. The van der Waals surface area contributed by atoms with Gasteiger partial charge in [0.05, 0.1) is 26.9 Å². The van der Waals surface area contributed by atoms with Crippen molar-refractivity contribution in [3.63, 3.8) is 0 Å². The second kappa shape index (κ2) is 6.15. The van der Waals surface area contributed by atoms with Gasteiger partial charge in [-0.3, -0.25) is 0 Å². The number of methoxy groups -OCH3 is 2. The molecule has 16 heavy (non-hydrogen) atoms. The summed E-state index contributed by atoms with van der Waals surface area (Å²) in [6.07, 6.45) is 2.39. The summed E-state index contributed by atoms with van der Waals surface area (Å²) in [4.78, 5) is 0. The van der Waals surface area contributed by atoms with Gasteiger partial charge < -0.3 is 19.7 Å². The van der Waals surface area contributed by atoms with Crippen molar-refractivity contribution in [3.05, 3.63) is 29.8 Å². The summed E-state index contributed by atoms with van der Waals surface area (Å²) in [6.45, 7) is -0.288. The molecule has 0 saturated carbocycles. The van der Waals surface area contributed by atoms with Crippen LogP contribution in [-0.2, 0) is 0 Å². The van der Waals surface area contributed by atoms with Crippen LogP contribution in [0.2, 0.25) is 0 Å². The molecule has 4 heteroatoms. The molecule has 0 bridgehead atoms. The molecule has 0 spiro atoms. The van der Waals surface area contributed by atoms with Crippen molar-refractivity contribution in [1.29, 1.82) is 0 Å². The van der Waals surface area contributed by atoms with Gasteiger partial charge in [0.15, 0.2) is 11.5 Å². The molecular formula is C12H16O4. The van der Waals surface area contributed by atoms with Gasteiger partial charge in [0.25, 0.3) is 0 Å². The Labute approximate surface area is 94.7 Å². The third-order valence-electron chi connectivity index (χ3n) is 2.11. The highest BCUT2D eigenvalue weighted by molar-refractivity contribution is 5.56. The lowest BCUT2D eigenvalue weighted by Crippen LogP contribution is -2.06. The Morgan fingerprint density at radius 1 is 1.25 bits per heavy atom. The van der Waals surface area contributed by atoms with E-state index in [9.17, 15) is 0 Å². The molecule has 0 saturated heterocycles. The molecule has 4 nitrogen and oxygen atoms in total. The van der Waals surface area contributed by atoms with E-state index in [2.05, 4.69) is 0 Å². The first kappa shape index (κ1) is 12.5. The molecule has 0 aromatic heterocycles. The Kier molecular flexibility index (Phi) is 4.82. The maximum Gasteiger partial charge on any atom is 0.161 e. The smallest absolute Gasteiger partial charge is 0.161 e. The van der Waals surface area contributed by atoms with Crippen molar-refractivity contribution in [2.45, 2.75) is 6.10 Å². The minimum absolute atomic E-state index is 0.288. The van der Waals surface area contributed by atoms with Crippen LogP contribution in [0.15, 0.2) is 24.3 Å². The van der Waals surface area contributed by atoms with Crippen molar-refractivity contribution in [2.75, 3.05) is 20.8 Å². The highest BCUT2D eigenvalue weighted by Crippen LogP contribution is 2.27. The number of hydrogen-bond donors (Lipinski definition) is 2. The van der Waals surface area contributed by atoms with Crippen LogP contribution in [0.4, 0.5) is 0 Å². The van der Waals surface area contributed by atoms with E-state index >= 15 is 0 Å². The average molecular weight is 224 g/mol. The maximum absolute atomic E-state index is 9.15. The molecule has 0 aliphatic rings. The largest absolute Gasteiger partial charge is 0.493 e. The van der Waals surface area contributed by atoms with Crippen LogP contribution in [0.25, 0.3) is 6.08 Å². The lowest BCUT2D eigenvalue weighted by atomic mass is 10.1. The lowest BCUT2D eigenvalue weighted by Gasteiger charge is -2.07. The predicted molar refractivity (Wildman–Crippen MR) is 61.7 cm³/mol. The fourth-order valence-corrected chi connectivity index (χ4v) is 1.24. The summed E-state index contributed by atoms with van der Waals surface area (Å²) >= 11 is 0. The Morgan fingerprint density at radius 3 is 2.50 bits per heavy atom. The molecule has 1 aromatic carbocycles. The zero-order valence-electron chi connectivity index (χ0n) is 9.38. The minimum Gasteiger partial charge on any atom is -0.493 e. The molecule has 0 radical (unpaired) electrons. The Balaban J connectivity index is 2.86. The molecule has 88 valence electrons. The Bertz CT molecular complexity index is 360. The lowest BCUT2D eigenvalue weighted by molar-refractivity contribution is 0.131.